The van der Waals surface area contributed by atoms with Crippen LogP contribution in [-0.2, 0) is 11.2 Å². The molecular weight excluding hydrogens is 328 g/mol. The third-order valence-electron chi connectivity index (χ3n) is 3.70. The maximum Gasteiger partial charge on any atom is 0.228 e. The molecule has 0 saturated carbocycles. The van der Waals surface area contributed by atoms with Crippen LogP contribution in [0.4, 0.5) is 11.4 Å². The maximum absolute atomic E-state index is 12.3. The summed E-state index contributed by atoms with van der Waals surface area (Å²) in [6.45, 7) is 1.45. The fourth-order valence-electron chi connectivity index (χ4n) is 2.61. The van der Waals surface area contributed by atoms with Crippen LogP contribution >= 0.6 is 15.9 Å². The zero-order chi connectivity index (χ0) is 14.7. The van der Waals surface area contributed by atoms with E-state index in [0.29, 0.717) is 13.0 Å². The van der Waals surface area contributed by atoms with E-state index >= 15 is 0 Å². The number of benzene rings is 2. The van der Waals surface area contributed by atoms with Gasteiger partial charge in [-0.15, -0.1) is 0 Å². The van der Waals surface area contributed by atoms with E-state index in [1.54, 1.807) is 0 Å². The number of amides is 1. The van der Waals surface area contributed by atoms with Gasteiger partial charge in [-0.3, -0.25) is 4.79 Å². The Morgan fingerprint density at radius 2 is 1.90 bits per heavy atom. The van der Waals surface area contributed by atoms with E-state index in [4.69, 9.17) is 0 Å². The van der Waals surface area contributed by atoms with Crippen molar-refractivity contribution in [3.8, 4) is 0 Å². The first-order valence-electron chi connectivity index (χ1n) is 7.12. The molecule has 0 spiro atoms. The van der Waals surface area contributed by atoms with Crippen LogP contribution in [0.2, 0.25) is 0 Å². The second-order valence-electron chi connectivity index (χ2n) is 5.11. The summed E-state index contributed by atoms with van der Waals surface area (Å²) in [5.74, 6) is 0.185. The molecule has 1 amide bonds. The van der Waals surface area contributed by atoms with E-state index in [0.717, 1.165) is 28.8 Å². The van der Waals surface area contributed by atoms with Gasteiger partial charge in [0.05, 0.1) is 0 Å². The number of anilines is 2. The first-order chi connectivity index (χ1) is 10.2. The number of para-hydroxylation sites is 1. The van der Waals surface area contributed by atoms with Gasteiger partial charge < -0.3 is 10.2 Å². The molecule has 1 N–H and O–H groups in total. The van der Waals surface area contributed by atoms with Crippen molar-refractivity contribution in [1.29, 1.82) is 0 Å². The molecule has 0 unspecified atom stereocenters. The van der Waals surface area contributed by atoms with Crippen molar-refractivity contribution in [3.05, 3.63) is 58.6 Å². The van der Waals surface area contributed by atoms with E-state index in [9.17, 15) is 4.79 Å². The van der Waals surface area contributed by atoms with Crippen molar-refractivity contribution in [3.63, 3.8) is 0 Å². The lowest BCUT2D eigenvalue weighted by molar-refractivity contribution is -0.118. The molecule has 21 heavy (non-hydrogen) atoms. The van der Waals surface area contributed by atoms with Crippen LogP contribution in [-0.4, -0.2) is 19.0 Å². The van der Waals surface area contributed by atoms with E-state index in [1.165, 1.54) is 5.56 Å². The number of carbonyl (C=O) groups excluding carboxylic acids is 1. The molecule has 0 atom stereocenters. The molecule has 1 aliphatic rings. The van der Waals surface area contributed by atoms with Crippen LogP contribution in [0.5, 0.6) is 0 Å². The van der Waals surface area contributed by atoms with Gasteiger partial charge in [0.15, 0.2) is 0 Å². The Bertz CT molecular complexity index is 639. The Morgan fingerprint density at radius 3 is 2.71 bits per heavy atom. The van der Waals surface area contributed by atoms with Crippen LogP contribution in [0.15, 0.2) is 53.0 Å². The molecule has 3 nitrogen and oxygen atoms in total. The topological polar surface area (TPSA) is 32.3 Å². The average Bonchev–Trinajstić information content (AvgIpc) is 2.93. The third kappa shape index (κ3) is 3.27. The Balaban J connectivity index is 1.54. The molecule has 2 aromatic carbocycles. The van der Waals surface area contributed by atoms with Crippen LogP contribution in [0.3, 0.4) is 0 Å². The Morgan fingerprint density at radius 1 is 1.14 bits per heavy atom. The maximum atomic E-state index is 12.3. The second kappa shape index (κ2) is 6.31. The smallest absolute Gasteiger partial charge is 0.228 e. The SMILES string of the molecule is O=C(CCNc1ccc(Br)cc1)N1CCc2ccccc21. The molecule has 0 aliphatic carbocycles. The molecular formula is C17H17BrN2O. The van der Waals surface area contributed by atoms with Crippen molar-refractivity contribution in [1.82, 2.24) is 0 Å². The number of nitrogens with zero attached hydrogens (tertiary/aromatic N) is 1. The van der Waals surface area contributed by atoms with Crippen molar-refractivity contribution in [2.75, 3.05) is 23.3 Å². The number of hydrogen-bond acceptors (Lipinski definition) is 2. The summed E-state index contributed by atoms with van der Waals surface area (Å²) in [6.07, 6.45) is 1.46. The highest BCUT2D eigenvalue weighted by Gasteiger charge is 2.23. The van der Waals surface area contributed by atoms with Gasteiger partial charge in [-0.1, -0.05) is 34.1 Å². The van der Waals surface area contributed by atoms with Gasteiger partial charge in [0.1, 0.15) is 0 Å². The Labute approximate surface area is 133 Å². The lowest BCUT2D eigenvalue weighted by Gasteiger charge is -2.17. The first-order valence-corrected chi connectivity index (χ1v) is 7.91. The Hall–Kier alpha value is -1.81. The van der Waals surface area contributed by atoms with E-state index < -0.39 is 0 Å². The molecule has 1 heterocycles. The highest BCUT2D eigenvalue weighted by molar-refractivity contribution is 9.10. The van der Waals surface area contributed by atoms with Crippen molar-refractivity contribution in [2.45, 2.75) is 12.8 Å². The molecule has 1 aliphatic heterocycles. The van der Waals surface area contributed by atoms with Crippen molar-refractivity contribution in [2.24, 2.45) is 0 Å². The summed E-state index contributed by atoms with van der Waals surface area (Å²) in [5, 5.41) is 3.28. The van der Waals surface area contributed by atoms with Gasteiger partial charge in [-0.25, -0.2) is 0 Å². The standard InChI is InChI=1S/C17H17BrN2O/c18-14-5-7-15(8-6-14)19-11-9-17(21)20-12-10-13-3-1-2-4-16(13)20/h1-8,19H,9-12H2. The quantitative estimate of drug-likeness (QED) is 0.913. The van der Waals surface area contributed by atoms with Gasteiger partial charge >= 0.3 is 0 Å². The molecule has 0 bridgehead atoms. The molecule has 3 rings (SSSR count). The number of carbonyl (C=O) groups is 1. The minimum atomic E-state index is 0.185. The number of nitrogens with one attached hydrogen (secondary N) is 1. The molecule has 0 aromatic heterocycles. The lowest BCUT2D eigenvalue weighted by atomic mass is 10.2. The molecule has 108 valence electrons. The molecule has 2 aromatic rings. The highest BCUT2D eigenvalue weighted by Crippen LogP contribution is 2.27. The first kappa shape index (κ1) is 14.1. The summed E-state index contributed by atoms with van der Waals surface area (Å²) in [7, 11) is 0. The fourth-order valence-corrected chi connectivity index (χ4v) is 2.88. The highest BCUT2D eigenvalue weighted by atomic mass is 79.9. The lowest BCUT2D eigenvalue weighted by Crippen LogP contribution is -2.30. The minimum Gasteiger partial charge on any atom is -0.385 e. The summed E-state index contributed by atoms with van der Waals surface area (Å²) < 4.78 is 1.05. The molecule has 4 heteroatoms. The predicted octanol–water partition coefficient (Wildman–Crippen LogP) is 3.84. The minimum absolute atomic E-state index is 0.185. The van der Waals surface area contributed by atoms with Gasteiger partial charge in [-0.2, -0.15) is 0 Å². The van der Waals surface area contributed by atoms with Gasteiger partial charge in [0, 0.05) is 35.4 Å². The zero-order valence-corrected chi connectivity index (χ0v) is 13.3. The predicted molar refractivity (Wildman–Crippen MR) is 89.7 cm³/mol. The molecule has 0 fully saturated rings. The number of rotatable bonds is 4. The average molecular weight is 345 g/mol. The van der Waals surface area contributed by atoms with E-state index in [2.05, 4.69) is 27.3 Å². The molecule has 0 saturated heterocycles. The molecule has 0 radical (unpaired) electrons. The number of fused-ring (bicyclic) bond motifs is 1. The summed E-state index contributed by atoms with van der Waals surface area (Å²) in [5.41, 5.74) is 3.38. The summed E-state index contributed by atoms with van der Waals surface area (Å²) in [6, 6.07) is 16.1. The van der Waals surface area contributed by atoms with E-state index in [-0.39, 0.29) is 5.91 Å². The largest absolute Gasteiger partial charge is 0.385 e. The van der Waals surface area contributed by atoms with Crippen LogP contribution in [0, 0.1) is 0 Å². The fraction of sp³-hybridized carbons (Fsp3) is 0.235. The third-order valence-corrected chi connectivity index (χ3v) is 4.23. The van der Waals surface area contributed by atoms with Crippen molar-refractivity contribution >= 4 is 33.2 Å². The summed E-state index contributed by atoms with van der Waals surface area (Å²) >= 11 is 3.41. The van der Waals surface area contributed by atoms with Crippen LogP contribution in [0.1, 0.15) is 12.0 Å². The van der Waals surface area contributed by atoms with E-state index in [1.807, 2.05) is 47.4 Å². The van der Waals surface area contributed by atoms with Crippen molar-refractivity contribution < 1.29 is 4.79 Å². The van der Waals surface area contributed by atoms with Crippen LogP contribution in [0.25, 0.3) is 0 Å². The van der Waals surface area contributed by atoms with Gasteiger partial charge in [0.25, 0.3) is 0 Å². The normalized spacial score (nSPS) is 13.1. The zero-order valence-electron chi connectivity index (χ0n) is 11.7. The van der Waals surface area contributed by atoms with Gasteiger partial charge in [0.2, 0.25) is 5.91 Å². The summed E-state index contributed by atoms with van der Waals surface area (Å²) in [4.78, 5) is 14.2. The number of hydrogen-bond donors (Lipinski definition) is 1. The number of halogens is 1. The van der Waals surface area contributed by atoms with Crippen LogP contribution < -0.4 is 10.2 Å². The Kier molecular flexibility index (Phi) is 4.25. The van der Waals surface area contributed by atoms with Gasteiger partial charge in [-0.05, 0) is 42.3 Å². The monoisotopic (exact) mass is 344 g/mol. The second-order valence-corrected chi connectivity index (χ2v) is 6.02.